The summed E-state index contributed by atoms with van der Waals surface area (Å²) in [5, 5.41) is 3.95. The van der Waals surface area contributed by atoms with Crippen molar-refractivity contribution in [1.82, 2.24) is 20.0 Å². The number of likely N-dealkylation sites (tertiary alicyclic amines) is 1. The first-order valence-electron chi connectivity index (χ1n) is 8.36. The highest BCUT2D eigenvalue weighted by Crippen LogP contribution is 2.25. The average Bonchev–Trinajstić information content (AvgIpc) is 3.01. The molecule has 0 bridgehead atoms. The topological polar surface area (TPSA) is 67.5 Å². The van der Waals surface area contributed by atoms with E-state index in [1.165, 1.54) is 12.8 Å². The lowest BCUT2D eigenvalue weighted by molar-refractivity contribution is 0.163. The molecule has 0 radical (unpaired) electrons. The monoisotopic (exact) mass is 331 g/mol. The Bertz CT molecular complexity index is 652. The number of aryl methyl sites for hydroxylation is 1. The highest BCUT2D eigenvalue weighted by Gasteiger charge is 2.23. The van der Waals surface area contributed by atoms with E-state index in [-0.39, 0.29) is 0 Å². The highest BCUT2D eigenvalue weighted by atomic mass is 16.5. The Morgan fingerprint density at radius 2 is 2.04 bits per heavy atom. The van der Waals surface area contributed by atoms with Crippen LogP contribution in [0, 0.1) is 12.8 Å². The maximum Gasteiger partial charge on any atom is 0.257 e. The van der Waals surface area contributed by atoms with Crippen molar-refractivity contribution >= 4 is 5.82 Å². The van der Waals surface area contributed by atoms with Gasteiger partial charge in [0.2, 0.25) is 0 Å². The minimum atomic E-state index is 0.582. The van der Waals surface area contributed by atoms with Crippen molar-refractivity contribution in [2.75, 3.05) is 38.7 Å². The summed E-state index contributed by atoms with van der Waals surface area (Å²) in [4.78, 5) is 13.2. The molecule has 0 spiro atoms. The van der Waals surface area contributed by atoms with Gasteiger partial charge in [0.15, 0.2) is 11.6 Å². The van der Waals surface area contributed by atoms with E-state index in [2.05, 4.69) is 32.0 Å². The summed E-state index contributed by atoms with van der Waals surface area (Å²) in [5.74, 6) is 2.99. The van der Waals surface area contributed by atoms with Crippen molar-refractivity contribution in [3.05, 3.63) is 29.9 Å². The maximum absolute atomic E-state index is 5.31. The summed E-state index contributed by atoms with van der Waals surface area (Å²) in [7, 11) is 3.68. The molecule has 7 nitrogen and oxygen atoms in total. The molecule has 1 saturated heterocycles. The van der Waals surface area contributed by atoms with Gasteiger partial charge in [0.25, 0.3) is 5.88 Å². The standard InChI is InChI=1S/C17H25N5O2/c1-13-10-15(24-20-13)12-22-8-4-14(5-9-22)11-21(2)16-17(23-3)19-7-6-18-16/h6-7,10,14H,4-5,8-9,11-12H2,1-3H3. The summed E-state index contributed by atoms with van der Waals surface area (Å²) in [6.45, 7) is 5.92. The molecule has 0 aliphatic carbocycles. The fourth-order valence-electron chi connectivity index (χ4n) is 3.24. The van der Waals surface area contributed by atoms with Crippen LogP contribution in [0.25, 0.3) is 0 Å². The number of ether oxygens (including phenoxy) is 1. The molecule has 0 unspecified atom stereocenters. The van der Waals surface area contributed by atoms with Crippen molar-refractivity contribution in [3.8, 4) is 5.88 Å². The molecule has 7 heteroatoms. The third-order valence-electron chi connectivity index (χ3n) is 4.50. The maximum atomic E-state index is 5.31. The van der Waals surface area contributed by atoms with E-state index in [1.807, 2.05) is 13.0 Å². The zero-order valence-electron chi connectivity index (χ0n) is 14.6. The molecule has 1 aliphatic rings. The zero-order valence-corrected chi connectivity index (χ0v) is 14.6. The fraction of sp³-hybridized carbons (Fsp3) is 0.588. The Morgan fingerprint density at radius 1 is 1.29 bits per heavy atom. The average molecular weight is 331 g/mol. The van der Waals surface area contributed by atoms with Gasteiger partial charge in [-0.05, 0) is 38.8 Å². The summed E-state index contributed by atoms with van der Waals surface area (Å²) in [5.41, 5.74) is 0.944. The van der Waals surface area contributed by atoms with Crippen LogP contribution in [0.3, 0.4) is 0 Å². The molecule has 0 atom stereocenters. The van der Waals surface area contributed by atoms with Crippen LogP contribution in [0.1, 0.15) is 24.3 Å². The molecule has 3 heterocycles. The van der Waals surface area contributed by atoms with Gasteiger partial charge < -0.3 is 14.2 Å². The second-order valence-electron chi connectivity index (χ2n) is 6.42. The molecule has 130 valence electrons. The molecule has 2 aromatic rings. The Labute approximate surface area is 142 Å². The molecule has 1 fully saturated rings. The van der Waals surface area contributed by atoms with E-state index in [0.717, 1.165) is 43.5 Å². The number of hydrogen-bond acceptors (Lipinski definition) is 7. The van der Waals surface area contributed by atoms with E-state index in [4.69, 9.17) is 9.26 Å². The molecule has 1 aliphatic heterocycles. The van der Waals surface area contributed by atoms with Crippen molar-refractivity contribution < 1.29 is 9.26 Å². The van der Waals surface area contributed by atoms with Gasteiger partial charge in [0, 0.05) is 32.1 Å². The predicted molar refractivity (Wildman–Crippen MR) is 91.1 cm³/mol. The smallest absolute Gasteiger partial charge is 0.257 e. The number of hydrogen-bond donors (Lipinski definition) is 0. The number of nitrogens with zero attached hydrogens (tertiary/aromatic N) is 5. The van der Waals surface area contributed by atoms with Crippen molar-refractivity contribution in [2.45, 2.75) is 26.3 Å². The molecule has 24 heavy (non-hydrogen) atoms. The highest BCUT2D eigenvalue weighted by molar-refractivity contribution is 5.46. The summed E-state index contributed by atoms with van der Waals surface area (Å²) < 4.78 is 10.6. The Hall–Kier alpha value is -2.15. The van der Waals surface area contributed by atoms with Gasteiger partial charge in [-0.1, -0.05) is 5.16 Å². The number of aromatic nitrogens is 3. The summed E-state index contributed by atoms with van der Waals surface area (Å²) in [6.07, 6.45) is 5.69. The lowest BCUT2D eigenvalue weighted by Gasteiger charge is -2.33. The van der Waals surface area contributed by atoms with Gasteiger partial charge in [-0.25, -0.2) is 9.97 Å². The first-order chi connectivity index (χ1) is 11.7. The Morgan fingerprint density at radius 3 is 2.71 bits per heavy atom. The van der Waals surface area contributed by atoms with Crippen LogP contribution in [-0.2, 0) is 6.54 Å². The second kappa shape index (κ2) is 7.61. The number of methoxy groups -OCH3 is 1. The van der Waals surface area contributed by atoms with E-state index in [1.54, 1.807) is 19.5 Å². The molecule has 3 rings (SSSR count). The van der Waals surface area contributed by atoms with Crippen LogP contribution in [0.5, 0.6) is 5.88 Å². The molecule has 0 N–H and O–H groups in total. The van der Waals surface area contributed by atoms with Gasteiger partial charge in [-0.15, -0.1) is 0 Å². The quantitative estimate of drug-likeness (QED) is 0.803. The third-order valence-corrected chi connectivity index (χ3v) is 4.50. The lowest BCUT2D eigenvalue weighted by Crippen LogP contribution is -2.37. The minimum Gasteiger partial charge on any atom is -0.478 e. The lowest BCUT2D eigenvalue weighted by atomic mass is 9.96. The van der Waals surface area contributed by atoms with E-state index in [0.29, 0.717) is 11.8 Å². The Kier molecular flexibility index (Phi) is 5.30. The number of rotatable bonds is 6. The summed E-state index contributed by atoms with van der Waals surface area (Å²) in [6, 6.07) is 2.01. The molecule has 0 saturated carbocycles. The third kappa shape index (κ3) is 4.03. The van der Waals surface area contributed by atoms with Crippen LogP contribution in [0.15, 0.2) is 23.0 Å². The number of piperidine rings is 1. The van der Waals surface area contributed by atoms with Crippen molar-refractivity contribution in [2.24, 2.45) is 5.92 Å². The van der Waals surface area contributed by atoms with Crippen LogP contribution < -0.4 is 9.64 Å². The molecular weight excluding hydrogens is 306 g/mol. The molecule has 0 amide bonds. The van der Waals surface area contributed by atoms with Gasteiger partial charge in [-0.2, -0.15) is 0 Å². The van der Waals surface area contributed by atoms with E-state index in [9.17, 15) is 0 Å². The molecule has 0 aromatic carbocycles. The second-order valence-corrected chi connectivity index (χ2v) is 6.42. The number of anilines is 1. The fourth-order valence-corrected chi connectivity index (χ4v) is 3.24. The summed E-state index contributed by atoms with van der Waals surface area (Å²) >= 11 is 0. The zero-order chi connectivity index (χ0) is 16.9. The van der Waals surface area contributed by atoms with Crippen LogP contribution in [0.2, 0.25) is 0 Å². The van der Waals surface area contributed by atoms with E-state index < -0.39 is 0 Å². The molecular formula is C17H25N5O2. The predicted octanol–water partition coefficient (Wildman–Crippen LogP) is 2.13. The van der Waals surface area contributed by atoms with Gasteiger partial charge >= 0.3 is 0 Å². The van der Waals surface area contributed by atoms with E-state index >= 15 is 0 Å². The minimum absolute atomic E-state index is 0.582. The van der Waals surface area contributed by atoms with Crippen molar-refractivity contribution in [3.63, 3.8) is 0 Å². The van der Waals surface area contributed by atoms with Crippen LogP contribution >= 0.6 is 0 Å². The molecule has 2 aromatic heterocycles. The van der Waals surface area contributed by atoms with Crippen LogP contribution in [-0.4, -0.2) is 53.8 Å². The van der Waals surface area contributed by atoms with Gasteiger partial charge in [0.1, 0.15) is 0 Å². The SMILES string of the molecule is COc1nccnc1N(C)CC1CCN(Cc2cc(C)no2)CC1. The van der Waals surface area contributed by atoms with Gasteiger partial charge in [0.05, 0.1) is 19.3 Å². The normalized spacial score (nSPS) is 16.3. The first-order valence-corrected chi connectivity index (χ1v) is 8.36. The first kappa shape index (κ1) is 16.7. The largest absolute Gasteiger partial charge is 0.478 e. The Balaban J connectivity index is 1.50. The van der Waals surface area contributed by atoms with Crippen molar-refractivity contribution in [1.29, 1.82) is 0 Å². The van der Waals surface area contributed by atoms with Crippen LogP contribution in [0.4, 0.5) is 5.82 Å². The van der Waals surface area contributed by atoms with Gasteiger partial charge in [-0.3, -0.25) is 4.90 Å².